The van der Waals surface area contributed by atoms with E-state index in [4.69, 9.17) is 19.4 Å². The molecular formula is C51H43N3O. The van der Waals surface area contributed by atoms with Gasteiger partial charge in [0.2, 0.25) is 0 Å². The largest absolute Gasteiger partial charge is 0.455 e. The molecule has 6 aromatic carbocycles. The van der Waals surface area contributed by atoms with Gasteiger partial charge >= 0.3 is 0 Å². The lowest BCUT2D eigenvalue weighted by Crippen LogP contribution is -2.26. The van der Waals surface area contributed by atoms with Crippen LogP contribution in [0.3, 0.4) is 0 Å². The summed E-state index contributed by atoms with van der Waals surface area (Å²) < 4.78 is 6.98. The summed E-state index contributed by atoms with van der Waals surface area (Å²) in [5, 5.41) is 2.11. The van der Waals surface area contributed by atoms with E-state index in [1.54, 1.807) is 0 Å². The molecule has 55 heavy (non-hydrogen) atoms. The molecule has 2 aromatic heterocycles. The quantitative estimate of drug-likeness (QED) is 0.167. The van der Waals surface area contributed by atoms with Gasteiger partial charge in [-0.2, -0.15) is 0 Å². The fourth-order valence-electron chi connectivity index (χ4n) is 9.23. The first-order valence-electron chi connectivity index (χ1n) is 19.8. The van der Waals surface area contributed by atoms with Gasteiger partial charge in [-0.25, -0.2) is 15.0 Å². The number of allylic oxidation sites excluding steroid dienone is 2. The molecule has 0 saturated carbocycles. The van der Waals surface area contributed by atoms with E-state index >= 15 is 0 Å². The number of para-hydroxylation sites is 2. The van der Waals surface area contributed by atoms with Crippen LogP contribution in [0.25, 0.3) is 78.4 Å². The van der Waals surface area contributed by atoms with Crippen LogP contribution in [0.1, 0.15) is 56.2 Å². The Bertz CT molecular complexity index is 2760. The molecule has 0 aliphatic heterocycles. The van der Waals surface area contributed by atoms with Crippen molar-refractivity contribution in [1.82, 2.24) is 15.0 Å². The number of hydrogen-bond acceptors (Lipinski definition) is 4. The van der Waals surface area contributed by atoms with E-state index in [0.29, 0.717) is 23.4 Å². The van der Waals surface area contributed by atoms with Gasteiger partial charge in [0.05, 0.1) is 5.56 Å². The highest BCUT2D eigenvalue weighted by Crippen LogP contribution is 2.55. The van der Waals surface area contributed by atoms with Crippen LogP contribution in [-0.4, -0.2) is 15.0 Å². The van der Waals surface area contributed by atoms with Gasteiger partial charge in [-0.05, 0) is 78.0 Å². The molecule has 4 nitrogen and oxygen atoms in total. The number of benzene rings is 6. The molecule has 0 bridgehead atoms. The average Bonchev–Trinajstić information content (AvgIpc) is 3.75. The summed E-state index contributed by atoms with van der Waals surface area (Å²) in [6.45, 7) is 6.83. The highest BCUT2D eigenvalue weighted by molar-refractivity contribution is 6.13. The molecule has 268 valence electrons. The first-order chi connectivity index (χ1) is 27.0. The molecular weight excluding hydrogens is 671 g/mol. The molecule has 3 unspecified atom stereocenters. The topological polar surface area (TPSA) is 51.8 Å². The molecule has 10 rings (SSSR count). The van der Waals surface area contributed by atoms with Crippen molar-refractivity contribution in [3.63, 3.8) is 0 Å². The SMILES string of the molecule is CCC1CCC2(/C=C/C(C)C1)c1ccccc1-c1cc(-c3cccc4c3oc3c(-c5nc(-c6ccccc6)nc(-c6ccc(C)cc6)n5)cccc34)ccc12. The second-order valence-corrected chi connectivity index (χ2v) is 15.7. The van der Waals surface area contributed by atoms with Gasteiger partial charge < -0.3 is 4.42 Å². The van der Waals surface area contributed by atoms with Crippen LogP contribution >= 0.6 is 0 Å². The Balaban J connectivity index is 1.13. The van der Waals surface area contributed by atoms with E-state index in [2.05, 4.69) is 136 Å². The summed E-state index contributed by atoms with van der Waals surface area (Å²) in [4.78, 5) is 15.1. The lowest BCUT2D eigenvalue weighted by Gasteiger charge is -2.33. The van der Waals surface area contributed by atoms with Crippen LogP contribution in [0.4, 0.5) is 0 Å². The number of nitrogens with zero attached hydrogens (tertiary/aromatic N) is 3. The summed E-state index contributed by atoms with van der Waals surface area (Å²) in [5.41, 5.74) is 13.2. The average molecular weight is 714 g/mol. The number of aryl methyl sites for hydroxylation is 1. The second kappa shape index (κ2) is 13.3. The van der Waals surface area contributed by atoms with Crippen molar-refractivity contribution in [3.05, 3.63) is 162 Å². The zero-order valence-electron chi connectivity index (χ0n) is 31.6. The summed E-state index contributed by atoms with van der Waals surface area (Å²) in [7, 11) is 0. The van der Waals surface area contributed by atoms with Crippen LogP contribution in [0.5, 0.6) is 0 Å². The Morgan fingerprint density at radius 1 is 0.600 bits per heavy atom. The summed E-state index contributed by atoms with van der Waals surface area (Å²) >= 11 is 0. The van der Waals surface area contributed by atoms with E-state index in [1.807, 2.05) is 30.3 Å². The predicted molar refractivity (Wildman–Crippen MR) is 226 cm³/mol. The van der Waals surface area contributed by atoms with Crippen molar-refractivity contribution in [2.45, 2.75) is 51.9 Å². The normalized spacial score (nSPS) is 19.6. The molecule has 0 N–H and O–H groups in total. The van der Waals surface area contributed by atoms with Crippen LogP contribution in [0, 0.1) is 18.8 Å². The smallest absolute Gasteiger partial charge is 0.167 e. The molecule has 3 atom stereocenters. The van der Waals surface area contributed by atoms with Crippen molar-refractivity contribution >= 4 is 21.9 Å². The van der Waals surface area contributed by atoms with Crippen molar-refractivity contribution < 1.29 is 4.42 Å². The van der Waals surface area contributed by atoms with Gasteiger partial charge in [0.15, 0.2) is 17.5 Å². The van der Waals surface area contributed by atoms with E-state index in [9.17, 15) is 0 Å². The Morgan fingerprint density at radius 3 is 1.98 bits per heavy atom. The molecule has 2 aliphatic rings. The number of fused-ring (bicyclic) bond motifs is 8. The molecule has 8 aromatic rings. The summed E-state index contributed by atoms with van der Waals surface area (Å²) in [5.74, 6) is 3.17. The van der Waals surface area contributed by atoms with Crippen molar-refractivity contribution in [2.75, 3.05) is 0 Å². The Hall–Kier alpha value is -6.13. The molecule has 4 heteroatoms. The zero-order chi connectivity index (χ0) is 37.1. The Labute approximate surface area is 322 Å². The monoisotopic (exact) mass is 713 g/mol. The standard InChI is InChI=1S/C51H43N3O/c1-4-34-27-29-51(28-26-33(3)30-34)44-19-9-8-14-39(44)43-31-37(24-25-45(43)51)38-15-10-16-40-41-17-11-18-42(47(41)55-46(38)40)50-53-48(35-12-6-5-7-13-35)52-49(54-50)36-22-20-32(2)21-23-36/h5-26,28,31,33-34H,4,27,29-30H2,1-3H3/b28-26+. The summed E-state index contributed by atoms with van der Waals surface area (Å²) in [6.07, 6.45) is 9.92. The minimum Gasteiger partial charge on any atom is -0.455 e. The van der Waals surface area contributed by atoms with Crippen LogP contribution in [0.2, 0.25) is 0 Å². The maximum absolute atomic E-state index is 6.98. The second-order valence-electron chi connectivity index (χ2n) is 15.7. The number of furan rings is 1. The Morgan fingerprint density at radius 2 is 1.22 bits per heavy atom. The van der Waals surface area contributed by atoms with Gasteiger partial charge in [-0.1, -0.05) is 159 Å². The molecule has 0 radical (unpaired) electrons. The maximum atomic E-state index is 6.98. The fraction of sp³-hybridized carbons (Fsp3) is 0.196. The first-order valence-corrected chi connectivity index (χ1v) is 19.8. The van der Waals surface area contributed by atoms with Crippen molar-refractivity contribution in [1.29, 1.82) is 0 Å². The highest BCUT2D eigenvalue weighted by atomic mass is 16.3. The van der Waals surface area contributed by atoms with E-state index in [1.165, 1.54) is 47.1 Å². The fourth-order valence-corrected chi connectivity index (χ4v) is 9.23. The number of rotatable bonds is 5. The third-order valence-corrected chi connectivity index (χ3v) is 12.2. The van der Waals surface area contributed by atoms with Crippen LogP contribution in [-0.2, 0) is 5.41 Å². The van der Waals surface area contributed by atoms with E-state index in [-0.39, 0.29) is 5.41 Å². The minimum atomic E-state index is -0.104. The maximum Gasteiger partial charge on any atom is 0.167 e. The molecule has 2 aliphatic carbocycles. The highest BCUT2D eigenvalue weighted by Gasteiger charge is 2.42. The van der Waals surface area contributed by atoms with Gasteiger partial charge in [0.1, 0.15) is 11.2 Å². The van der Waals surface area contributed by atoms with Gasteiger partial charge in [-0.15, -0.1) is 0 Å². The molecule has 0 amide bonds. The van der Waals surface area contributed by atoms with Gasteiger partial charge in [-0.3, -0.25) is 0 Å². The number of hydrogen-bond donors (Lipinski definition) is 0. The molecule has 1 spiro atoms. The Kier molecular flexibility index (Phi) is 8.10. The molecule has 0 saturated heterocycles. The van der Waals surface area contributed by atoms with Gasteiger partial charge in [0, 0.05) is 32.9 Å². The first kappa shape index (κ1) is 33.4. The van der Waals surface area contributed by atoms with Crippen molar-refractivity contribution in [2.24, 2.45) is 11.8 Å². The third kappa shape index (κ3) is 5.62. The van der Waals surface area contributed by atoms with Gasteiger partial charge in [0.25, 0.3) is 0 Å². The van der Waals surface area contributed by atoms with Crippen LogP contribution < -0.4 is 0 Å². The third-order valence-electron chi connectivity index (χ3n) is 12.2. The number of aromatic nitrogens is 3. The van der Waals surface area contributed by atoms with E-state index in [0.717, 1.165) is 62.1 Å². The summed E-state index contributed by atoms with van der Waals surface area (Å²) in [6, 6.07) is 47.4. The van der Waals surface area contributed by atoms with Crippen molar-refractivity contribution in [3.8, 4) is 56.4 Å². The zero-order valence-corrected chi connectivity index (χ0v) is 31.6. The van der Waals surface area contributed by atoms with E-state index < -0.39 is 0 Å². The molecule has 2 heterocycles. The van der Waals surface area contributed by atoms with Crippen LogP contribution in [0.15, 0.2) is 150 Å². The minimum absolute atomic E-state index is 0.104. The molecule has 0 fully saturated rings. The predicted octanol–water partition coefficient (Wildman–Crippen LogP) is 13.4. The lowest BCUT2D eigenvalue weighted by atomic mass is 9.70. The lowest BCUT2D eigenvalue weighted by molar-refractivity contribution is 0.350.